The average Bonchev–Trinajstić information content (AvgIpc) is 3.25. The minimum absolute atomic E-state index is 0.0572. The van der Waals surface area contributed by atoms with Crippen LogP contribution in [0.25, 0.3) is 11.3 Å². The number of amides is 1. The van der Waals surface area contributed by atoms with E-state index in [1.807, 2.05) is 6.92 Å². The minimum Gasteiger partial charge on any atom is -0.455 e. The molecule has 3 aromatic rings. The molecule has 1 amide bonds. The van der Waals surface area contributed by atoms with E-state index in [0.29, 0.717) is 11.3 Å². The molecule has 2 aromatic heterocycles. The van der Waals surface area contributed by atoms with Crippen molar-refractivity contribution < 1.29 is 18.8 Å². The van der Waals surface area contributed by atoms with Crippen molar-refractivity contribution in [1.29, 1.82) is 0 Å². The molecule has 0 atom stereocenters. The van der Waals surface area contributed by atoms with Gasteiger partial charge in [0.25, 0.3) is 11.6 Å². The van der Waals surface area contributed by atoms with Crippen molar-refractivity contribution in [1.82, 2.24) is 15.7 Å². The Balaban J connectivity index is 1.79. The summed E-state index contributed by atoms with van der Waals surface area (Å²) < 4.78 is 9.90. The number of anilines is 1. The smallest absolute Gasteiger partial charge is 0.297 e. The summed E-state index contributed by atoms with van der Waals surface area (Å²) in [6.07, 6.45) is 1.23. The predicted octanol–water partition coefficient (Wildman–Crippen LogP) is 2.20. The summed E-state index contributed by atoms with van der Waals surface area (Å²) >= 11 is 0. The first-order valence-electron chi connectivity index (χ1n) is 7.64. The maximum Gasteiger partial charge on any atom is 0.297 e. The second-order valence-corrected chi connectivity index (χ2v) is 5.61. The van der Waals surface area contributed by atoms with Gasteiger partial charge in [0.15, 0.2) is 0 Å². The van der Waals surface area contributed by atoms with Crippen LogP contribution in [0.3, 0.4) is 0 Å². The first-order valence-corrected chi connectivity index (χ1v) is 7.64. The fourth-order valence-electron chi connectivity index (χ4n) is 2.28. The number of rotatable bonds is 5. The normalized spacial score (nSPS) is 11.0. The SMILES string of the molecule is Cc1cc(-c2ccc(/C=N\NC(=O)c3nonc3N)o2)c([N+](=O)[O-])cc1C. The van der Waals surface area contributed by atoms with Gasteiger partial charge in [-0.2, -0.15) is 5.10 Å². The lowest BCUT2D eigenvalue weighted by atomic mass is 10.0. The molecule has 0 saturated carbocycles. The van der Waals surface area contributed by atoms with Crippen LogP contribution in [0.2, 0.25) is 0 Å². The summed E-state index contributed by atoms with van der Waals surface area (Å²) in [6, 6.07) is 6.34. The molecule has 138 valence electrons. The number of nitrogens with two attached hydrogens (primary N) is 1. The zero-order valence-electron chi connectivity index (χ0n) is 14.3. The monoisotopic (exact) mass is 370 g/mol. The van der Waals surface area contributed by atoms with E-state index in [4.69, 9.17) is 10.2 Å². The molecule has 0 fully saturated rings. The molecule has 0 aliphatic carbocycles. The van der Waals surface area contributed by atoms with E-state index in [1.165, 1.54) is 12.3 Å². The molecule has 27 heavy (non-hydrogen) atoms. The number of carbonyl (C=O) groups is 1. The number of nitro groups is 1. The number of nitrogens with one attached hydrogen (secondary N) is 1. The Morgan fingerprint density at radius 3 is 2.70 bits per heavy atom. The number of aryl methyl sites for hydroxylation is 2. The van der Waals surface area contributed by atoms with Crippen LogP contribution in [0.15, 0.2) is 38.4 Å². The largest absolute Gasteiger partial charge is 0.455 e. The Morgan fingerprint density at radius 1 is 1.30 bits per heavy atom. The molecule has 2 heterocycles. The molecular weight excluding hydrogens is 356 g/mol. The number of carbonyl (C=O) groups excluding carboxylic acids is 1. The number of hydrazone groups is 1. The van der Waals surface area contributed by atoms with E-state index in [9.17, 15) is 14.9 Å². The molecule has 0 radical (unpaired) electrons. The Morgan fingerprint density at radius 2 is 2.04 bits per heavy atom. The molecule has 11 nitrogen and oxygen atoms in total. The Bertz CT molecular complexity index is 1050. The molecule has 0 unspecified atom stereocenters. The van der Waals surface area contributed by atoms with Gasteiger partial charge in [-0.1, -0.05) is 0 Å². The third-order valence-corrected chi connectivity index (χ3v) is 3.79. The molecule has 11 heteroatoms. The van der Waals surface area contributed by atoms with Crippen LogP contribution in [0.1, 0.15) is 27.4 Å². The van der Waals surface area contributed by atoms with Gasteiger partial charge in [0.2, 0.25) is 11.5 Å². The van der Waals surface area contributed by atoms with Crippen LogP contribution in [0, 0.1) is 24.0 Å². The van der Waals surface area contributed by atoms with Crippen LogP contribution in [0.4, 0.5) is 11.5 Å². The van der Waals surface area contributed by atoms with E-state index < -0.39 is 10.8 Å². The summed E-state index contributed by atoms with van der Waals surface area (Å²) in [4.78, 5) is 22.6. The molecule has 0 aliphatic heterocycles. The van der Waals surface area contributed by atoms with Gasteiger partial charge in [-0.15, -0.1) is 0 Å². The number of furan rings is 1. The standard InChI is InChI=1S/C16H14N6O5/c1-8-5-11(12(22(24)25)6-9(8)2)13-4-3-10(26-13)7-18-19-16(23)14-15(17)21-27-20-14/h3-7H,1-2H3,(H2,17,21)(H,19,23)/b18-7-. The zero-order chi connectivity index (χ0) is 19.6. The van der Waals surface area contributed by atoms with E-state index in [-0.39, 0.29) is 23.0 Å². The highest BCUT2D eigenvalue weighted by molar-refractivity contribution is 5.96. The van der Waals surface area contributed by atoms with Gasteiger partial charge >= 0.3 is 0 Å². The van der Waals surface area contributed by atoms with Gasteiger partial charge in [-0.25, -0.2) is 10.1 Å². The summed E-state index contributed by atoms with van der Waals surface area (Å²) in [5.41, 5.74) is 9.40. The third-order valence-electron chi connectivity index (χ3n) is 3.79. The van der Waals surface area contributed by atoms with Crippen molar-refractivity contribution in [2.75, 3.05) is 5.73 Å². The quantitative estimate of drug-likeness (QED) is 0.392. The zero-order valence-corrected chi connectivity index (χ0v) is 14.3. The van der Waals surface area contributed by atoms with Crippen LogP contribution < -0.4 is 11.2 Å². The van der Waals surface area contributed by atoms with Gasteiger partial charge in [-0.05, 0) is 53.5 Å². The average molecular weight is 370 g/mol. The number of hydrogen-bond donors (Lipinski definition) is 2. The molecule has 0 saturated heterocycles. The summed E-state index contributed by atoms with van der Waals surface area (Å²) in [7, 11) is 0. The van der Waals surface area contributed by atoms with Gasteiger partial charge in [0.1, 0.15) is 11.5 Å². The molecule has 1 aromatic carbocycles. The number of nitrogens with zero attached hydrogens (tertiary/aromatic N) is 4. The number of benzene rings is 1. The van der Waals surface area contributed by atoms with E-state index >= 15 is 0 Å². The minimum atomic E-state index is -0.707. The highest BCUT2D eigenvalue weighted by Crippen LogP contribution is 2.33. The topological polar surface area (TPSA) is 163 Å². The van der Waals surface area contributed by atoms with Crippen molar-refractivity contribution in [2.24, 2.45) is 5.10 Å². The number of nitro benzene ring substituents is 1. The molecule has 0 spiro atoms. The lowest BCUT2D eigenvalue weighted by molar-refractivity contribution is -0.384. The predicted molar refractivity (Wildman–Crippen MR) is 94.0 cm³/mol. The first-order chi connectivity index (χ1) is 12.9. The number of nitrogen functional groups attached to an aromatic ring is 1. The maximum atomic E-state index is 11.8. The van der Waals surface area contributed by atoms with Crippen molar-refractivity contribution in [3.8, 4) is 11.3 Å². The van der Waals surface area contributed by atoms with Crippen molar-refractivity contribution in [3.63, 3.8) is 0 Å². The molecule has 0 aliphatic rings. The summed E-state index contributed by atoms with van der Waals surface area (Å²) in [5.74, 6) is -0.279. The van der Waals surface area contributed by atoms with Gasteiger partial charge in [0.05, 0.1) is 16.7 Å². The Labute approximate surface area is 152 Å². The first kappa shape index (κ1) is 17.8. The summed E-state index contributed by atoms with van der Waals surface area (Å²) in [5, 5.41) is 21.7. The molecule has 0 bridgehead atoms. The highest BCUT2D eigenvalue weighted by atomic mass is 16.6. The molecular formula is C16H14N6O5. The van der Waals surface area contributed by atoms with Crippen molar-refractivity contribution >= 4 is 23.6 Å². The number of aromatic nitrogens is 2. The fraction of sp³-hybridized carbons (Fsp3) is 0.125. The lowest BCUT2D eigenvalue weighted by Crippen LogP contribution is -2.19. The van der Waals surface area contributed by atoms with Gasteiger partial charge < -0.3 is 10.2 Å². The van der Waals surface area contributed by atoms with Crippen LogP contribution in [-0.2, 0) is 0 Å². The summed E-state index contributed by atoms with van der Waals surface area (Å²) in [6.45, 7) is 3.65. The van der Waals surface area contributed by atoms with E-state index in [0.717, 1.165) is 11.1 Å². The van der Waals surface area contributed by atoms with Crippen LogP contribution in [0.5, 0.6) is 0 Å². The number of hydrogen-bond acceptors (Lipinski definition) is 9. The van der Waals surface area contributed by atoms with Crippen molar-refractivity contribution in [3.05, 3.63) is 57.0 Å². The second kappa shape index (κ2) is 7.07. The highest BCUT2D eigenvalue weighted by Gasteiger charge is 2.19. The van der Waals surface area contributed by atoms with Gasteiger partial charge in [0, 0.05) is 6.07 Å². The second-order valence-electron chi connectivity index (χ2n) is 5.61. The lowest BCUT2D eigenvalue weighted by Gasteiger charge is -2.04. The van der Waals surface area contributed by atoms with Crippen LogP contribution in [-0.4, -0.2) is 27.4 Å². The maximum absolute atomic E-state index is 11.8. The third kappa shape index (κ3) is 3.66. The Kier molecular flexibility index (Phi) is 4.66. The van der Waals surface area contributed by atoms with Gasteiger partial charge in [-0.3, -0.25) is 14.9 Å². The van der Waals surface area contributed by atoms with E-state index in [2.05, 4.69) is 25.5 Å². The van der Waals surface area contributed by atoms with Crippen LogP contribution >= 0.6 is 0 Å². The molecule has 3 N–H and O–H groups in total. The van der Waals surface area contributed by atoms with E-state index in [1.54, 1.807) is 25.1 Å². The molecule has 3 rings (SSSR count). The van der Waals surface area contributed by atoms with Crippen molar-refractivity contribution in [2.45, 2.75) is 13.8 Å². The Hall–Kier alpha value is -4.02. The fourth-order valence-corrected chi connectivity index (χ4v) is 2.28.